The van der Waals surface area contributed by atoms with Crippen LogP contribution in [0.2, 0.25) is 0 Å². The second-order valence-electron chi connectivity index (χ2n) is 4.06. The second kappa shape index (κ2) is 18.5. The minimum atomic E-state index is 0.0154. The topological polar surface area (TPSA) is 79.2 Å². The monoisotopic (exact) mass is 317 g/mol. The first-order valence-electron chi connectivity index (χ1n) is 7.08. The molecular weight excluding hydrogens is 294 g/mol. The third-order valence-corrected chi connectivity index (χ3v) is 2.88. The molecule has 0 aromatic heterocycles. The van der Waals surface area contributed by atoms with Gasteiger partial charge >= 0.3 is 0 Å². The van der Waals surface area contributed by atoms with E-state index in [0.717, 1.165) is 38.8 Å². The number of halogens is 1. The Labute approximate surface area is 131 Å². The summed E-state index contributed by atoms with van der Waals surface area (Å²) in [5.41, 5.74) is 0. The van der Waals surface area contributed by atoms with Gasteiger partial charge in [-0.05, 0) is 26.7 Å². The van der Waals surface area contributed by atoms with Crippen molar-refractivity contribution in [2.75, 3.05) is 32.1 Å². The van der Waals surface area contributed by atoms with Gasteiger partial charge in [0.1, 0.15) is 5.88 Å². The molecule has 0 radical (unpaired) electrons. The summed E-state index contributed by atoms with van der Waals surface area (Å²) in [6.07, 6.45) is 6.80. The van der Waals surface area contributed by atoms with E-state index in [1.807, 2.05) is 13.8 Å². The fourth-order valence-corrected chi connectivity index (χ4v) is 1.66. The van der Waals surface area contributed by atoms with Gasteiger partial charge in [-0.25, -0.2) is 19.6 Å². The first-order valence-corrected chi connectivity index (χ1v) is 7.62. The summed E-state index contributed by atoms with van der Waals surface area (Å²) in [4.78, 5) is 38.6. The number of carbonyl (C=O) groups is 1. The highest BCUT2D eigenvalue weighted by Gasteiger charge is 2.05. The predicted octanol–water partition coefficient (Wildman–Crippen LogP) is 2.31. The predicted molar refractivity (Wildman–Crippen MR) is 83.1 cm³/mol. The third kappa shape index (κ3) is 16.5. The van der Waals surface area contributed by atoms with Gasteiger partial charge in [0.25, 0.3) is 0 Å². The van der Waals surface area contributed by atoms with Gasteiger partial charge in [0.05, 0.1) is 13.1 Å². The van der Waals surface area contributed by atoms with Crippen molar-refractivity contribution < 1.29 is 14.4 Å². The van der Waals surface area contributed by atoms with Crippen molar-refractivity contribution in [2.24, 2.45) is 9.98 Å². The summed E-state index contributed by atoms with van der Waals surface area (Å²) in [7, 11) is 0. The molecule has 0 aliphatic carbocycles. The largest absolute Gasteiger partial charge is 0.342 e. The van der Waals surface area contributed by atoms with Crippen LogP contribution in [0.4, 0.5) is 0 Å². The lowest BCUT2D eigenvalue weighted by Gasteiger charge is -2.16. The first-order chi connectivity index (χ1) is 10.2. The summed E-state index contributed by atoms with van der Waals surface area (Å²) < 4.78 is 0. The maximum absolute atomic E-state index is 10.8. The van der Waals surface area contributed by atoms with E-state index in [0.29, 0.717) is 13.1 Å². The Balaban J connectivity index is 0. The van der Waals surface area contributed by atoms with Gasteiger partial charge in [0.2, 0.25) is 18.1 Å². The molecular formula is C14H24ClN3O3. The lowest BCUT2D eigenvalue weighted by atomic mass is 10.2. The zero-order valence-electron chi connectivity index (χ0n) is 12.8. The zero-order valence-corrected chi connectivity index (χ0v) is 13.6. The summed E-state index contributed by atoms with van der Waals surface area (Å²) >= 11 is 5.31. The van der Waals surface area contributed by atoms with Gasteiger partial charge in [-0.3, -0.25) is 4.79 Å². The van der Waals surface area contributed by atoms with E-state index in [1.54, 1.807) is 4.90 Å². The number of aliphatic imine (C=N–C) groups is 2. The van der Waals surface area contributed by atoms with Crippen LogP contribution in [0.3, 0.4) is 0 Å². The van der Waals surface area contributed by atoms with E-state index < -0.39 is 0 Å². The van der Waals surface area contributed by atoms with Crippen LogP contribution in [0.1, 0.15) is 39.5 Å². The molecule has 120 valence electrons. The molecule has 7 heteroatoms. The van der Waals surface area contributed by atoms with Crippen LogP contribution in [0, 0.1) is 0 Å². The smallest absolute Gasteiger partial charge is 0.237 e. The standard InChI is InChI=1S/C8H12N2O2.C6H12ClNO/c11-7-9-5-3-1-2-4-6-10-8-12;1-3-8(4-2)6(9)5-7/h1-6H2;3-5H2,1-2H3. The molecule has 0 saturated carbocycles. The molecule has 0 rings (SSSR count). The number of unbranched alkanes of at least 4 members (excludes halogenated alkanes) is 3. The highest BCUT2D eigenvalue weighted by atomic mass is 35.5. The van der Waals surface area contributed by atoms with Gasteiger partial charge in [0.15, 0.2) is 0 Å². The molecule has 0 unspecified atom stereocenters. The number of nitrogens with zero attached hydrogens (tertiary/aromatic N) is 3. The van der Waals surface area contributed by atoms with Crippen molar-refractivity contribution in [3.8, 4) is 0 Å². The van der Waals surface area contributed by atoms with Crippen molar-refractivity contribution in [1.82, 2.24) is 4.90 Å². The molecule has 0 atom stereocenters. The average molecular weight is 318 g/mol. The fraction of sp³-hybridized carbons (Fsp3) is 0.786. The van der Waals surface area contributed by atoms with Crippen molar-refractivity contribution in [2.45, 2.75) is 39.5 Å². The minimum Gasteiger partial charge on any atom is -0.342 e. The van der Waals surface area contributed by atoms with E-state index in [4.69, 9.17) is 11.6 Å². The molecule has 0 heterocycles. The fourth-order valence-electron chi connectivity index (χ4n) is 1.49. The maximum Gasteiger partial charge on any atom is 0.237 e. The lowest BCUT2D eigenvalue weighted by molar-refractivity contribution is -0.128. The summed E-state index contributed by atoms with van der Waals surface area (Å²) in [6.45, 7) is 6.49. The van der Waals surface area contributed by atoms with Crippen LogP contribution in [0.5, 0.6) is 0 Å². The van der Waals surface area contributed by atoms with E-state index >= 15 is 0 Å². The Hall–Kier alpha value is -1.48. The highest BCUT2D eigenvalue weighted by Crippen LogP contribution is 1.99. The van der Waals surface area contributed by atoms with Gasteiger partial charge in [-0.2, -0.15) is 0 Å². The van der Waals surface area contributed by atoms with Gasteiger partial charge in [-0.15, -0.1) is 11.6 Å². The van der Waals surface area contributed by atoms with E-state index in [9.17, 15) is 14.4 Å². The molecule has 0 saturated heterocycles. The van der Waals surface area contributed by atoms with E-state index in [-0.39, 0.29) is 11.8 Å². The number of carbonyl (C=O) groups excluding carboxylic acids is 3. The Morgan fingerprint density at radius 3 is 1.62 bits per heavy atom. The van der Waals surface area contributed by atoms with Crippen LogP contribution in [0.25, 0.3) is 0 Å². The Bertz CT molecular complexity index is 325. The SMILES string of the molecule is CCN(CC)C(=O)CCl.O=C=NCCCCCCN=C=O. The maximum atomic E-state index is 10.8. The number of amides is 1. The minimum absolute atomic E-state index is 0.0154. The summed E-state index contributed by atoms with van der Waals surface area (Å²) in [5, 5.41) is 0. The number of isocyanates is 2. The quantitative estimate of drug-likeness (QED) is 0.268. The van der Waals surface area contributed by atoms with E-state index in [1.165, 1.54) is 12.2 Å². The molecule has 0 bridgehead atoms. The highest BCUT2D eigenvalue weighted by molar-refractivity contribution is 6.27. The Morgan fingerprint density at radius 1 is 0.952 bits per heavy atom. The molecule has 1 amide bonds. The van der Waals surface area contributed by atoms with Gasteiger partial charge in [-0.1, -0.05) is 12.8 Å². The molecule has 0 N–H and O–H groups in total. The number of rotatable bonds is 10. The molecule has 0 aromatic rings. The van der Waals surface area contributed by atoms with Gasteiger partial charge < -0.3 is 4.90 Å². The molecule has 6 nitrogen and oxygen atoms in total. The van der Waals surface area contributed by atoms with Crippen LogP contribution in [-0.2, 0) is 14.4 Å². The Morgan fingerprint density at radius 2 is 1.38 bits per heavy atom. The van der Waals surface area contributed by atoms with Crippen LogP contribution in [0.15, 0.2) is 9.98 Å². The molecule has 0 spiro atoms. The van der Waals surface area contributed by atoms with Crippen molar-refractivity contribution in [3.05, 3.63) is 0 Å². The number of alkyl halides is 1. The van der Waals surface area contributed by atoms with Gasteiger partial charge in [0, 0.05) is 13.1 Å². The van der Waals surface area contributed by atoms with E-state index in [2.05, 4.69) is 9.98 Å². The number of hydrogen-bond acceptors (Lipinski definition) is 5. The third-order valence-electron chi connectivity index (χ3n) is 2.65. The van der Waals surface area contributed by atoms with Crippen LogP contribution in [-0.4, -0.2) is 55.0 Å². The molecule has 0 aliphatic rings. The molecule has 0 fully saturated rings. The summed E-state index contributed by atoms with van der Waals surface area (Å²) in [5.74, 6) is 0.114. The zero-order chi connectivity index (χ0) is 16.3. The van der Waals surface area contributed by atoms with Crippen molar-refractivity contribution in [1.29, 1.82) is 0 Å². The molecule has 21 heavy (non-hydrogen) atoms. The lowest BCUT2D eigenvalue weighted by Crippen LogP contribution is -2.31. The van der Waals surface area contributed by atoms with Crippen LogP contribution < -0.4 is 0 Å². The van der Waals surface area contributed by atoms with Crippen molar-refractivity contribution in [3.63, 3.8) is 0 Å². The van der Waals surface area contributed by atoms with Crippen molar-refractivity contribution >= 4 is 29.7 Å². The first kappa shape index (κ1) is 21.8. The van der Waals surface area contributed by atoms with Crippen LogP contribution >= 0.6 is 11.6 Å². The molecule has 0 aliphatic heterocycles. The molecule has 0 aromatic carbocycles. The normalized spacial score (nSPS) is 8.71. The Kier molecular flexibility index (Phi) is 19.2. The number of hydrogen-bond donors (Lipinski definition) is 0. The second-order valence-corrected chi connectivity index (χ2v) is 4.33. The average Bonchev–Trinajstić information content (AvgIpc) is 2.51. The summed E-state index contributed by atoms with van der Waals surface area (Å²) in [6, 6.07) is 0.